The summed E-state index contributed by atoms with van der Waals surface area (Å²) in [5.41, 5.74) is 5.15. The molecule has 3 unspecified atom stereocenters. The number of halogens is 3. The monoisotopic (exact) mass is 354 g/mol. The molecule has 4 nitrogen and oxygen atoms in total. The lowest BCUT2D eigenvalue weighted by atomic mass is 9.98. The van der Waals surface area contributed by atoms with Crippen molar-refractivity contribution in [2.45, 2.75) is 25.1 Å². The second kappa shape index (κ2) is 6.71. The number of hydrogen-bond donors (Lipinski definition) is 1. The van der Waals surface area contributed by atoms with Gasteiger partial charge in [-0.25, -0.2) is 0 Å². The molecule has 1 aliphatic heterocycles. The molecule has 1 amide bonds. The normalized spacial score (nSPS) is 25.8. The van der Waals surface area contributed by atoms with E-state index in [0.29, 0.717) is 19.0 Å². The highest BCUT2D eigenvalue weighted by Gasteiger charge is 2.43. The van der Waals surface area contributed by atoms with Crippen LogP contribution in [0.1, 0.15) is 28.8 Å². The predicted molar refractivity (Wildman–Crippen MR) is 87.2 cm³/mol. The number of carbonyl (C=O) groups is 1. The van der Waals surface area contributed by atoms with E-state index >= 15 is 0 Å². The lowest BCUT2D eigenvalue weighted by Crippen LogP contribution is -2.33. The third-order valence-electron chi connectivity index (χ3n) is 5.09. The van der Waals surface area contributed by atoms with Crippen LogP contribution in [0.5, 0.6) is 5.75 Å². The van der Waals surface area contributed by atoms with Gasteiger partial charge in [0.15, 0.2) is 0 Å². The molecule has 3 atom stereocenters. The Hall–Kier alpha value is -2.02. The smallest absolute Gasteiger partial charge is 0.416 e. The average Bonchev–Trinajstić information content (AvgIpc) is 3.13. The zero-order valence-electron chi connectivity index (χ0n) is 13.8. The molecule has 0 spiro atoms. The minimum absolute atomic E-state index is 0.0563. The van der Waals surface area contributed by atoms with E-state index in [4.69, 9.17) is 10.5 Å². The van der Waals surface area contributed by atoms with E-state index in [1.165, 1.54) is 12.1 Å². The largest absolute Gasteiger partial charge is 0.489 e. The van der Waals surface area contributed by atoms with E-state index in [0.717, 1.165) is 25.0 Å². The van der Waals surface area contributed by atoms with Gasteiger partial charge in [-0.15, -0.1) is 0 Å². The minimum atomic E-state index is -4.52. The first-order valence-corrected chi connectivity index (χ1v) is 8.31. The van der Waals surface area contributed by atoms with Crippen LogP contribution in [0, 0.1) is 11.8 Å². The van der Waals surface area contributed by atoms with Crippen molar-refractivity contribution in [1.82, 2.24) is 4.90 Å². The second-order valence-electron chi connectivity index (χ2n) is 6.68. The summed E-state index contributed by atoms with van der Waals surface area (Å²) >= 11 is 0. The molecule has 25 heavy (non-hydrogen) atoms. The lowest BCUT2D eigenvalue weighted by molar-refractivity contribution is -0.137. The molecule has 2 fully saturated rings. The highest BCUT2D eigenvalue weighted by Crippen LogP contribution is 2.39. The number of hydrogen-bond acceptors (Lipinski definition) is 3. The number of amides is 1. The highest BCUT2D eigenvalue weighted by molar-refractivity contribution is 5.97. The van der Waals surface area contributed by atoms with Crippen LogP contribution in [0.2, 0.25) is 0 Å². The van der Waals surface area contributed by atoms with E-state index in [1.54, 1.807) is 4.90 Å². The van der Waals surface area contributed by atoms with Crippen molar-refractivity contribution in [3.05, 3.63) is 42.0 Å². The van der Waals surface area contributed by atoms with Crippen LogP contribution < -0.4 is 10.5 Å². The van der Waals surface area contributed by atoms with E-state index in [9.17, 15) is 18.0 Å². The Kier molecular flexibility index (Phi) is 4.77. The maximum absolute atomic E-state index is 13.0. The number of likely N-dealkylation sites (tertiary alicyclic amines) is 1. The van der Waals surface area contributed by atoms with Crippen molar-refractivity contribution >= 4 is 5.91 Å². The zero-order valence-corrected chi connectivity index (χ0v) is 13.8. The molecule has 1 heterocycles. The molecule has 1 aromatic rings. The molecule has 1 aromatic carbocycles. The van der Waals surface area contributed by atoms with Gasteiger partial charge in [-0.05, 0) is 42.9 Å². The van der Waals surface area contributed by atoms with Gasteiger partial charge in [0.05, 0.1) is 11.1 Å². The lowest BCUT2D eigenvalue weighted by Gasteiger charge is -2.21. The Morgan fingerprint density at radius 1 is 1.36 bits per heavy atom. The molecule has 1 aliphatic carbocycles. The summed E-state index contributed by atoms with van der Waals surface area (Å²) in [5, 5.41) is 0. The van der Waals surface area contributed by atoms with Crippen molar-refractivity contribution in [2.24, 2.45) is 17.6 Å². The quantitative estimate of drug-likeness (QED) is 0.846. The molecule has 1 saturated carbocycles. The Morgan fingerprint density at radius 3 is 2.76 bits per heavy atom. The van der Waals surface area contributed by atoms with Crippen LogP contribution in [-0.4, -0.2) is 36.5 Å². The molecule has 1 saturated heterocycles. The van der Waals surface area contributed by atoms with Gasteiger partial charge in [0.2, 0.25) is 0 Å². The van der Waals surface area contributed by atoms with E-state index in [-0.39, 0.29) is 29.9 Å². The standard InChI is InChI=1S/C18H21F3N2O2/c1-2-7-25-16-6-4-12(18(19,20)21)8-13(16)17(24)23-9-11-3-5-15(22)14(11)10-23/h2,4,6,8,11,14-15H,1,3,5,7,9-10,22H2. The van der Waals surface area contributed by atoms with Crippen molar-refractivity contribution in [3.63, 3.8) is 0 Å². The summed E-state index contributed by atoms with van der Waals surface area (Å²) in [5.74, 6) is 0.264. The molecule has 2 aliphatic rings. The summed E-state index contributed by atoms with van der Waals surface area (Å²) < 4.78 is 44.5. The molecule has 0 radical (unpaired) electrons. The number of benzene rings is 1. The van der Waals surface area contributed by atoms with Crippen LogP contribution in [-0.2, 0) is 6.18 Å². The molecule has 7 heteroatoms. The fourth-order valence-corrected chi connectivity index (χ4v) is 3.79. The number of fused-ring (bicyclic) bond motifs is 1. The van der Waals surface area contributed by atoms with E-state index in [1.807, 2.05) is 0 Å². The Morgan fingerprint density at radius 2 is 2.12 bits per heavy atom. The van der Waals surface area contributed by atoms with Crippen LogP contribution in [0.3, 0.4) is 0 Å². The Balaban J connectivity index is 1.88. The molecule has 136 valence electrons. The van der Waals surface area contributed by atoms with E-state index < -0.39 is 17.6 Å². The summed E-state index contributed by atoms with van der Waals surface area (Å²) in [6.45, 7) is 4.65. The number of nitrogens with two attached hydrogens (primary N) is 1. The van der Waals surface area contributed by atoms with Gasteiger partial charge in [0.1, 0.15) is 12.4 Å². The summed E-state index contributed by atoms with van der Waals surface area (Å²) in [7, 11) is 0. The fraction of sp³-hybridized carbons (Fsp3) is 0.500. The van der Waals surface area contributed by atoms with Gasteiger partial charge in [0, 0.05) is 19.1 Å². The molecule has 2 N–H and O–H groups in total. The van der Waals surface area contributed by atoms with Gasteiger partial charge < -0.3 is 15.4 Å². The molecule has 0 bridgehead atoms. The van der Waals surface area contributed by atoms with E-state index in [2.05, 4.69) is 6.58 Å². The minimum Gasteiger partial charge on any atom is -0.489 e. The third kappa shape index (κ3) is 3.51. The van der Waals surface area contributed by atoms with Crippen molar-refractivity contribution in [3.8, 4) is 5.75 Å². The van der Waals surface area contributed by atoms with Gasteiger partial charge in [-0.1, -0.05) is 12.7 Å². The first-order chi connectivity index (χ1) is 11.8. The summed E-state index contributed by atoms with van der Waals surface area (Å²) in [6, 6.07) is 3.04. The number of alkyl halides is 3. The summed E-state index contributed by atoms with van der Waals surface area (Å²) in [6.07, 6.45) is -1.15. The first-order valence-electron chi connectivity index (χ1n) is 8.31. The molecule has 3 rings (SSSR count). The molecule has 0 aromatic heterocycles. The first kappa shape index (κ1) is 17.8. The number of carbonyl (C=O) groups excluding carboxylic acids is 1. The number of rotatable bonds is 4. The maximum atomic E-state index is 13.0. The van der Waals surface area contributed by atoms with Gasteiger partial charge >= 0.3 is 6.18 Å². The SMILES string of the molecule is C=CCOc1ccc(C(F)(F)F)cc1C(=O)N1CC2CCC(N)C2C1. The second-order valence-corrected chi connectivity index (χ2v) is 6.68. The van der Waals surface area contributed by atoms with Crippen LogP contribution in [0.4, 0.5) is 13.2 Å². The van der Waals surface area contributed by atoms with Gasteiger partial charge in [0.25, 0.3) is 5.91 Å². The fourth-order valence-electron chi connectivity index (χ4n) is 3.79. The van der Waals surface area contributed by atoms with Crippen LogP contribution in [0.25, 0.3) is 0 Å². The third-order valence-corrected chi connectivity index (χ3v) is 5.09. The summed E-state index contributed by atoms with van der Waals surface area (Å²) in [4.78, 5) is 14.5. The zero-order chi connectivity index (χ0) is 18.2. The predicted octanol–water partition coefficient (Wildman–Crippen LogP) is 3.08. The Bertz CT molecular complexity index is 675. The number of ether oxygens (including phenoxy) is 1. The van der Waals surface area contributed by atoms with Crippen molar-refractivity contribution < 1.29 is 22.7 Å². The Labute approximate surface area is 144 Å². The van der Waals surface area contributed by atoms with Gasteiger partial charge in [-0.2, -0.15) is 13.2 Å². The van der Waals surface area contributed by atoms with Crippen LogP contribution in [0.15, 0.2) is 30.9 Å². The highest BCUT2D eigenvalue weighted by atomic mass is 19.4. The molecular formula is C18H21F3N2O2. The number of nitrogens with zero attached hydrogens (tertiary/aromatic N) is 1. The molecular weight excluding hydrogens is 333 g/mol. The van der Waals surface area contributed by atoms with Crippen molar-refractivity contribution in [1.29, 1.82) is 0 Å². The topological polar surface area (TPSA) is 55.6 Å². The average molecular weight is 354 g/mol. The van der Waals surface area contributed by atoms with Crippen LogP contribution >= 0.6 is 0 Å². The maximum Gasteiger partial charge on any atom is 0.416 e. The van der Waals surface area contributed by atoms with Crippen molar-refractivity contribution in [2.75, 3.05) is 19.7 Å². The van der Waals surface area contributed by atoms with Gasteiger partial charge in [-0.3, -0.25) is 4.79 Å².